The van der Waals surface area contributed by atoms with Crippen LogP contribution >= 0.6 is 15.9 Å². The van der Waals surface area contributed by atoms with E-state index in [0.717, 1.165) is 28.0 Å². The Hall–Kier alpha value is -2.26. The van der Waals surface area contributed by atoms with Gasteiger partial charge in [0.05, 0.1) is 7.11 Å². The van der Waals surface area contributed by atoms with E-state index in [-0.39, 0.29) is 0 Å². The average molecular weight is 383 g/mol. The number of halogens is 1. The third kappa shape index (κ3) is 3.46. The zero-order chi connectivity index (χ0) is 16.9. The van der Waals surface area contributed by atoms with E-state index in [1.54, 1.807) is 7.11 Å². The lowest BCUT2D eigenvalue weighted by molar-refractivity contribution is 0.302. The summed E-state index contributed by atoms with van der Waals surface area (Å²) in [6.07, 6.45) is 2.69. The van der Waals surface area contributed by atoms with Crippen LogP contribution < -0.4 is 9.47 Å². The Bertz CT molecular complexity index is 871. The first-order valence-corrected chi connectivity index (χ1v) is 8.59. The van der Waals surface area contributed by atoms with Crippen molar-refractivity contribution in [1.82, 2.24) is 0 Å². The van der Waals surface area contributed by atoms with Crippen molar-refractivity contribution in [2.45, 2.75) is 13.0 Å². The molecule has 0 heterocycles. The van der Waals surface area contributed by atoms with Crippen LogP contribution in [-0.2, 0) is 13.0 Å². The molecule has 0 N–H and O–H groups in total. The standard InChI is InChI=1S/C21H19BrO2/c1-3-6-19-18-8-5-4-7-15(18)9-12-21(19)24-14-16-13-17(23-2)10-11-20(16)22/h3-5,7-13H,1,6,14H2,2H3. The molecule has 0 fully saturated rings. The number of allylic oxidation sites excluding steroid dienone is 1. The van der Waals surface area contributed by atoms with Crippen LogP contribution in [0.3, 0.4) is 0 Å². The van der Waals surface area contributed by atoms with E-state index < -0.39 is 0 Å². The third-order valence-electron chi connectivity index (χ3n) is 3.98. The van der Waals surface area contributed by atoms with Gasteiger partial charge in [0, 0.05) is 15.6 Å². The van der Waals surface area contributed by atoms with E-state index in [1.165, 1.54) is 16.3 Å². The van der Waals surface area contributed by atoms with Crippen LogP contribution in [0.4, 0.5) is 0 Å². The molecule has 0 saturated carbocycles. The molecule has 3 aromatic rings. The second kappa shape index (κ2) is 7.54. The predicted molar refractivity (Wildman–Crippen MR) is 103 cm³/mol. The van der Waals surface area contributed by atoms with Gasteiger partial charge in [-0.2, -0.15) is 0 Å². The Kier molecular flexibility index (Phi) is 5.21. The Morgan fingerprint density at radius 1 is 1.08 bits per heavy atom. The van der Waals surface area contributed by atoms with E-state index in [2.05, 4.69) is 46.8 Å². The van der Waals surface area contributed by atoms with Crippen molar-refractivity contribution in [3.63, 3.8) is 0 Å². The second-order valence-corrected chi connectivity index (χ2v) is 6.36. The average Bonchev–Trinajstić information content (AvgIpc) is 2.62. The zero-order valence-electron chi connectivity index (χ0n) is 13.6. The minimum atomic E-state index is 0.472. The molecule has 0 unspecified atom stereocenters. The predicted octanol–water partition coefficient (Wildman–Crippen LogP) is 5.92. The van der Waals surface area contributed by atoms with Crippen molar-refractivity contribution in [3.05, 3.63) is 82.9 Å². The summed E-state index contributed by atoms with van der Waals surface area (Å²) >= 11 is 3.57. The number of hydrogen-bond acceptors (Lipinski definition) is 2. The summed E-state index contributed by atoms with van der Waals surface area (Å²) in [4.78, 5) is 0. The van der Waals surface area contributed by atoms with Crippen LogP contribution in [0.5, 0.6) is 11.5 Å². The topological polar surface area (TPSA) is 18.5 Å². The quantitative estimate of drug-likeness (QED) is 0.492. The van der Waals surface area contributed by atoms with Crippen LogP contribution in [-0.4, -0.2) is 7.11 Å². The first kappa shape index (κ1) is 16.6. The summed E-state index contributed by atoms with van der Waals surface area (Å²) < 4.78 is 12.4. The van der Waals surface area contributed by atoms with E-state index in [0.29, 0.717) is 6.61 Å². The number of rotatable bonds is 6. The largest absolute Gasteiger partial charge is 0.497 e. The van der Waals surface area contributed by atoms with Gasteiger partial charge in [0.1, 0.15) is 18.1 Å². The van der Waals surface area contributed by atoms with E-state index in [1.807, 2.05) is 36.4 Å². The van der Waals surface area contributed by atoms with Gasteiger partial charge in [0.2, 0.25) is 0 Å². The second-order valence-electron chi connectivity index (χ2n) is 5.50. The van der Waals surface area contributed by atoms with Crippen LogP contribution in [0.15, 0.2) is 71.7 Å². The van der Waals surface area contributed by atoms with Gasteiger partial charge in [-0.05, 0) is 41.5 Å². The highest BCUT2D eigenvalue weighted by molar-refractivity contribution is 9.10. The van der Waals surface area contributed by atoms with E-state index in [4.69, 9.17) is 9.47 Å². The molecule has 0 aliphatic rings. The van der Waals surface area contributed by atoms with Gasteiger partial charge in [-0.25, -0.2) is 0 Å². The van der Waals surface area contributed by atoms with Gasteiger partial charge in [0.15, 0.2) is 0 Å². The molecule has 2 nitrogen and oxygen atoms in total. The summed E-state index contributed by atoms with van der Waals surface area (Å²) in [5.41, 5.74) is 2.22. The van der Waals surface area contributed by atoms with Crippen molar-refractivity contribution in [2.24, 2.45) is 0 Å². The molecule has 3 aromatic carbocycles. The smallest absolute Gasteiger partial charge is 0.123 e. The Labute approximate surface area is 150 Å². The summed E-state index contributed by atoms with van der Waals surface area (Å²) in [7, 11) is 1.67. The highest BCUT2D eigenvalue weighted by Crippen LogP contribution is 2.30. The molecule has 3 rings (SSSR count). The van der Waals surface area contributed by atoms with Crippen molar-refractivity contribution < 1.29 is 9.47 Å². The number of fused-ring (bicyclic) bond motifs is 1. The van der Waals surface area contributed by atoms with Gasteiger partial charge in [0.25, 0.3) is 0 Å². The summed E-state index contributed by atoms with van der Waals surface area (Å²) in [5.74, 6) is 1.71. The Balaban J connectivity index is 1.92. The van der Waals surface area contributed by atoms with Crippen LogP contribution in [0, 0.1) is 0 Å². The summed E-state index contributed by atoms with van der Waals surface area (Å²) in [6, 6.07) is 18.4. The first-order valence-electron chi connectivity index (χ1n) is 7.79. The normalized spacial score (nSPS) is 10.6. The van der Waals surface area contributed by atoms with Gasteiger partial charge >= 0.3 is 0 Å². The minimum absolute atomic E-state index is 0.472. The molecular weight excluding hydrogens is 364 g/mol. The lowest BCUT2D eigenvalue weighted by Crippen LogP contribution is -2.00. The molecule has 0 spiro atoms. The van der Waals surface area contributed by atoms with E-state index in [9.17, 15) is 0 Å². The molecule has 0 bridgehead atoms. The Morgan fingerprint density at radius 2 is 1.92 bits per heavy atom. The summed E-state index contributed by atoms with van der Waals surface area (Å²) in [5, 5.41) is 2.42. The fraction of sp³-hybridized carbons (Fsp3) is 0.143. The molecule has 3 heteroatoms. The van der Waals surface area contributed by atoms with Crippen LogP contribution in [0.1, 0.15) is 11.1 Å². The molecule has 0 aliphatic carbocycles. The highest BCUT2D eigenvalue weighted by Gasteiger charge is 2.09. The molecule has 0 aliphatic heterocycles. The van der Waals surface area contributed by atoms with Gasteiger partial charge in [-0.15, -0.1) is 6.58 Å². The maximum atomic E-state index is 6.13. The lowest BCUT2D eigenvalue weighted by Gasteiger charge is -2.14. The van der Waals surface area contributed by atoms with Gasteiger partial charge < -0.3 is 9.47 Å². The fourth-order valence-corrected chi connectivity index (χ4v) is 3.11. The fourth-order valence-electron chi connectivity index (χ4n) is 2.75. The van der Waals surface area contributed by atoms with Crippen molar-refractivity contribution in [3.8, 4) is 11.5 Å². The SMILES string of the molecule is C=CCc1c(OCc2cc(OC)ccc2Br)ccc2ccccc12. The summed E-state index contributed by atoms with van der Waals surface area (Å²) in [6.45, 7) is 4.35. The monoisotopic (exact) mass is 382 g/mol. The van der Waals surface area contributed by atoms with Gasteiger partial charge in [-0.3, -0.25) is 0 Å². The molecule has 0 radical (unpaired) electrons. The molecule has 0 saturated heterocycles. The number of methoxy groups -OCH3 is 1. The minimum Gasteiger partial charge on any atom is -0.497 e. The maximum absolute atomic E-state index is 6.13. The van der Waals surface area contributed by atoms with Crippen molar-refractivity contribution in [2.75, 3.05) is 7.11 Å². The van der Waals surface area contributed by atoms with Crippen LogP contribution in [0.2, 0.25) is 0 Å². The molecule has 0 aromatic heterocycles. The molecule has 24 heavy (non-hydrogen) atoms. The van der Waals surface area contributed by atoms with Crippen LogP contribution in [0.25, 0.3) is 10.8 Å². The maximum Gasteiger partial charge on any atom is 0.123 e. The molecule has 0 atom stereocenters. The third-order valence-corrected chi connectivity index (χ3v) is 4.76. The highest BCUT2D eigenvalue weighted by atomic mass is 79.9. The molecular formula is C21H19BrO2. The molecule has 122 valence electrons. The van der Waals surface area contributed by atoms with Crippen molar-refractivity contribution >= 4 is 26.7 Å². The van der Waals surface area contributed by atoms with Crippen molar-refractivity contribution in [1.29, 1.82) is 0 Å². The number of ether oxygens (including phenoxy) is 2. The number of hydrogen-bond donors (Lipinski definition) is 0. The zero-order valence-corrected chi connectivity index (χ0v) is 15.2. The van der Waals surface area contributed by atoms with Gasteiger partial charge in [-0.1, -0.05) is 52.3 Å². The van der Waals surface area contributed by atoms with E-state index >= 15 is 0 Å². The molecule has 0 amide bonds. The Morgan fingerprint density at radius 3 is 2.71 bits per heavy atom. The first-order chi connectivity index (χ1) is 11.7. The lowest BCUT2D eigenvalue weighted by atomic mass is 10.0. The number of benzene rings is 3.